The summed E-state index contributed by atoms with van der Waals surface area (Å²) in [6, 6.07) is 14.3. The summed E-state index contributed by atoms with van der Waals surface area (Å²) < 4.78 is 0. The van der Waals surface area contributed by atoms with E-state index in [2.05, 4.69) is 40.1 Å². The number of hydrogen-bond acceptors (Lipinski definition) is 3. The van der Waals surface area contributed by atoms with Gasteiger partial charge in [0.25, 0.3) is 0 Å². The third kappa shape index (κ3) is 2.45. The molecule has 0 unspecified atom stereocenters. The summed E-state index contributed by atoms with van der Waals surface area (Å²) in [4.78, 5) is 9.89. The second-order valence-electron chi connectivity index (χ2n) is 5.12. The number of anilines is 2. The van der Waals surface area contributed by atoms with Crippen LogP contribution in [0.5, 0.6) is 0 Å². The number of nitrogens with one attached hydrogen (secondary N) is 1. The summed E-state index contributed by atoms with van der Waals surface area (Å²) >= 11 is 0. The zero-order chi connectivity index (χ0) is 14.1. The molecule has 102 valence electrons. The standard InChI is InChI=1S/C16H18N4/c1-11-18-15-8-3-12(9-16(15)19-11)10-20(2)14-6-4-13(17)5-7-14/h3-9H,10,17H2,1-2H3,(H,18,19). The minimum absolute atomic E-state index is 0.788. The van der Waals surface area contributed by atoms with Crippen LogP contribution in [-0.2, 0) is 6.54 Å². The first-order valence-electron chi connectivity index (χ1n) is 6.64. The van der Waals surface area contributed by atoms with Gasteiger partial charge in [-0.15, -0.1) is 0 Å². The van der Waals surface area contributed by atoms with E-state index < -0.39 is 0 Å². The normalized spacial score (nSPS) is 10.9. The summed E-state index contributed by atoms with van der Waals surface area (Å²) in [5, 5.41) is 0. The molecule has 4 nitrogen and oxygen atoms in total. The van der Waals surface area contributed by atoms with Crippen LogP contribution in [-0.4, -0.2) is 17.0 Å². The van der Waals surface area contributed by atoms with Gasteiger partial charge in [-0.3, -0.25) is 0 Å². The molecule has 0 radical (unpaired) electrons. The quantitative estimate of drug-likeness (QED) is 0.716. The minimum Gasteiger partial charge on any atom is -0.399 e. The Morgan fingerprint density at radius 3 is 2.65 bits per heavy atom. The molecule has 0 fully saturated rings. The summed E-state index contributed by atoms with van der Waals surface area (Å²) in [5.74, 6) is 0.948. The number of fused-ring (bicyclic) bond motifs is 1. The molecule has 2 aromatic carbocycles. The first kappa shape index (κ1) is 12.5. The molecule has 0 aliphatic heterocycles. The largest absolute Gasteiger partial charge is 0.399 e. The van der Waals surface area contributed by atoms with Crippen LogP contribution in [0, 0.1) is 6.92 Å². The maximum atomic E-state index is 5.71. The number of benzene rings is 2. The van der Waals surface area contributed by atoms with E-state index in [1.165, 1.54) is 5.56 Å². The molecule has 0 aliphatic carbocycles. The molecule has 1 heterocycles. The van der Waals surface area contributed by atoms with Gasteiger partial charge in [0.1, 0.15) is 5.82 Å². The van der Waals surface area contributed by atoms with Gasteiger partial charge in [-0.05, 0) is 48.9 Å². The van der Waals surface area contributed by atoms with Crippen molar-refractivity contribution in [2.24, 2.45) is 0 Å². The molecule has 0 spiro atoms. The fourth-order valence-corrected chi connectivity index (χ4v) is 2.38. The van der Waals surface area contributed by atoms with Crippen molar-refractivity contribution in [1.29, 1.82) is 0 Å². The van der Waals surface area contributed by atoms with Crippen LogP contribution >= 0.6 is 0 Å². The number of hydrogen-bond donors (Lipinski definition) is 2. The zero-order valence-corrected chi connectivity index (χ0v) is 11.7. The Kier molecular flexibility index (Phi) is 3.06. The molecule has 0 amide bonds. The van der Waals surface area contributed by atoms with E-state index in [1.807, 2.05) is 31.2 Å². The number of rotatable bonds is 3. The summed E-state index contributed by atoms with van der Waals surface area (Å²) in [6.45, 7) is 2.82. The van der Waals surface area contributed by atoms with Crippen molar-refractivity contribution in [3.05, 3.63) is 53.9 Å². The lowest BCUT2D eigenvalue weighted by Gasteiger charge is -2.19. The van der Waals surface area contributed by atoms with Crippen molar-refractivity contribution in [2.75, 3.05) is 17.7 Å². The highest BCUT2D eigenvalue weighted by Crippen LogP contribution is 2.19. The fraction of sp³-hybridized carbons (Fsp3) is 0.188. The van der Waals surface area contributed by atoms with Gasteiger partial charge < -0.3 is 15.6 Å². The zero-order valence-electron chi connectivity index (χ0n) is 11.7. The number of nitrogens with zero attached hydrogens (tertiary/aromatic N) is 2. The van der Waals surface area contributed by atoms with Crippen LogP contribution in [0.1, 0.15) is 11.4 Å². The molecular weight excluding hydrogens is 248 g/mol. The number of nitrogens with two attached hydrogens (primary N) is 1. The first-order valence-corrected chi connectivity index (χ1v) is 6.64. The topological polar surface area (TPSA) is 57.9 Å². The van der Waals surface area contributed by atoms with Crippen molar-refractivity contribution in [2.45, 2.75) is 13.5 Å². The highest BCUT2D eigenvalue weighted by atomic mass is 15.1. The molecule has 20 heavy (non-hydrogen) atoms. The molecule has 4 heteroatoms. The number of aromatic amines is 1. The highest BCUT2D eigenvalue weighted by Gasteiger charge is 2.05. The van der Waals surface area contributed by atoms with Gasteiger partial charge in [0, 0.05) is 25.0 Å². The monoisotopic (exact) mass is 266 g/mol. The fourth-order valence-electron chi connectivity index (χ4n) is 2.38. The van der Waals surface area contributed by atoms with Crippen molar-refractivity contribution >= 4 is 22.4 Å². The Morgan fingerprint density at radius 1 is 1.15 bits per heavy atom. The van der Waals surface area contributed by atoms with E-state index in [0.29, 0.717) is 0 Å². The van der Waals surface area contributed by atoms with Crippen LogP contribution in [0.15, 0.2) is 42.5 Å². The highest BCUT2D eigenvalue weighted by molar-refractivity contribution is 5.76. The third-order valence-corrected chi connectivity index (χ3v) is 3.42. The van der Waals surface area contributed by atoms with Crippen LogP contribution in [0.2, 0.25) is 0 Å². The smallest absolute Gasteiger partial charge is 0.104 e. The lowest BCUT2D eigenvalue weighted by atomic mass is 10.2. The van der Waals surface area contributed by atoms with E-state index in [4.69, 9.17) is 5.73 Å². The Morgan fingerprint density at radius 2 is 1.90 bits per heavy atom. The summed E-state index contributed by atoms with van der Waals surface area (Å²) in [7, 11) is 2.08. The Balaban J connectivity index is 1.82. The van der Waals surface area contributed by atoms with Crippen molar-refractivity contribution < 1.29 is 0 Å². The molecule has 3 N–H and O–H groups in total. The molecule has 1 aromatic heterocycles. The van der Waals surface area contributed by atoms with E-state index in [9.17, 15) is 0 Å². The van der Waals surface area contributed by atoms with Gasteiger partial charge in [-0.1, -0.05) is 6.07 Å². The average molecular weight is 266 g/mol. The van der Waals surface area contributed by atoms with Gasteiger partial charge in [-0.2, -0.15) is 0 Å². The molecule has 3 rings (SSSR count). The lowest BCUT2D eigenvalue weighted by molar-refractivity contribution is 0.925. The van der Waals surface area contributed by atoms with Crippen LogP contribution in [0.25, 0.3) is 11.0 Å². The molecule has 0 atom stereocenters. The van der Waals surface area contributed by atoms with Gasteiger partial charge in [0.05, 0.1) is 11.0 Å². The predicted molar refractivity (Wildman–Crippen MR) is 83.8 cm³/mol. The summed E-state index contributed by atoms with van der Waals surface area (Å²) in [6.07, 6.45) is 0. The second kappa shape index (κ2) is 4.89. The number of nitrogen functional groups attached to an aromatic ring is 1. The van der Waals surface area contributed by atoms with E-state index >= 15 is 0 Å². The number of aromatic nitrogens is 2. The molecule has 0 saturated carbocycles. The molecule has 0 aliphatic rings. The average Bonchev–Trinajstić information content (AvgIpc) is 2.78. The first-order chi connectivity index (χ1) is 9.61. The minimum atomic E-state index is 0.788. The van der Waals surface area contributed by atoms with Crippen LogP contribution in [0.4, 0.5) is 11.4 Å². The number of aryl methyl sites for hydroxylation is 1. The third-order valence-electron chi connectivity index (χ3n) is 3.42. The van der Waals surface area contributed by atoms with Crippen molar-refractivity contribution in [3.63, 3.8) is 0 Å². The number of imidazole rings is 1. The van der Waals surface area contributed by atoms with E-state index in [1.54, 1.807) is 0 Å². The van der Waals surface area contributed by atoms with Gasteiger partial charge in [0.15, 0.2) is 0 Å². The maximum absolute atomic E-state index is 5.71. The second-order valence-corrected chi connectivity index (χ2v) is 5.12. The molecular formula is C16H18N4. The Labute approximate surface area is 118 Å². The van der Waals surface area contributed by atoms with Crippen LogP contribution in [0.3, 0.4) is 0 Å². The number of H-pyrrole nitrogens is 1. The molecule has 0 saturated heterocycles. The SMILES string of the molecule is Cc1nc2ccc(CN(C)c3ccc(N)cc3)cc2[nH]1. The lowest BCUT2D eigenvalue weighted by Crippen LogP contribution is -2.16. The van der Waals surface area contributed by atoms with E-state index in [0.717, 1.165) is 34.8 Å². The summed E-state index contributed by atoms with van der Waals surface area (Å²) in [5.41, 5.74) is 11.0. The van der Waals surface area contributed by atoms with Gasteiger partial charge in [-0.25, -0.2) is 4.98 Å². The Bertz CT molecular complexity index is 728. The maximum Gasteiger partial charge on any atom is 0.104 e. The van der Waals surface area contributed by atoms with Gasteiger partial charge in [0.2, 0.25) is 0 Å². The van der Waals surface area contributed by atoms with E-state index in [-0.39, 0.29) is 0 Å². The van der Waals surface area contributed by atoms with Crippen molar-refractivity contribution in [3.8, 4) is 0 Å². The molecule has 3 aromatic rings. The van der Waals surface area contributed by atoms with Crippen molar-refractivity contribution in [1.82, 2.24) is 9.97 Å². The molecule has 0 bridgehead atoms. The Hall–Kier alpha value is -2.49. The predicted octanol–water partition coefficient (Wildman–Crippen LogP) is 3.09. The van der Waals surface area contributed by atoms with Gasteiger partial charge >= 0.3 is 0 Å². The van der Waals surface area contributed by atoms with Crippen LogP contribution < -0.4 is 10.6 Å².